The number of rotatable bonds is 7. The van der Waals surface area contributed by atoms with Crippen molar-refractivity contribution in [1.29, 1.82) is 0 Å². The summed E-state index contributed by atoms with van der Waals surface area (Å²) in [5.41, 5.74) is 1.17. The molecular weight excluding hydrogens is 447 g/mol. The van der Waals surface area contributed by atoms with E-state index in [2.05, 4.69) is 16.3 Å². The minimum absolute atomic E-state index is 0.642. The third-order valence-electron chi connectivity index (χ3n) is 5.74. The molecule has 174 valence electrons. The van der Waals surface area contributed by atoms with E-state index in [4.69, 9.17) is 43.6 Å². The molecule has 1 saturated heterocycles. The van der Waals surface area contributed by atoms with Gasteiger partial charge in [0.2, 0.25) is 0 Å². The molecule has 2 fully saturated rings. The first kappa shape index (κ1) is 25.8. The molecule has 1 aliphatic heterocycles. The third-order valence-corrected chi connectivity index (χ3v) is 6.59. The van der Waals surface area contributed by atoms with Gasteiger partial charge in [-0.15, -0.1) is 0 Å². The second kappa shape index (κ2) is 12.6. The van der Waals surface area contributed by atoms with Crippen molar-refractivity contribution in [3.63, 3.8) is 0 Å². The summed E-state index contributed by atoms with van der Waals surface area (Å²) in [6.45, 7) is 3.17. The van der Waals surface area contributed by atoms with E-state index in [1.807, 2.05) is 12.1 Å². The van der Waals surface area contributed by atoms with Crippen molar-refractivity contribution in [3.05, 3.63) is 33.8 Å². The molecule has 1 aromatic carbocycles. The molecule has 10 heteroatoms. The minimum atomic E-state index is -2.27. The molecule has 2 unspecified atom stereocenters. The number of hydrogen-bond donors (Lipinski definition) is 5. The molecule has 0 radical (unpaired) electrons. The van der Waals surface area contributed by atoms with Gasteiger partial charge < -0.3 is 25.7 Å². The molecule has 3 rings (SSSR count). The van der Waals surface area contributed by atoms with E-state index in [1.54, 1.807) is 0 Å². The third kappa shape index (κ3) is 7.59. The zero-order chi connectivity index (χ0) is 23.0. The van der Waals surface area contributed by atoms with Gasteiger partial charge in [-0.1, -0.05) is 54.6 Å². The lowest BCUT2D eigenvalue weighted by Gasteiger charge is -2.38. The van der Waals surface area contributed by atoms with Crippen LogP contribution in [0.4, 0.5) is 0 Å². The maximum atomic E-state index is 9.77. The number of aliphatic carboxylic acids is 2. The second-order valence-electron chi connectivity index (χ2n) is 7.89. The van der Waals surface area contributed by atoms with E-state index in [9.17, 15) is 9.59 Å². The van der Waals surface area contributed by atoms with Crippen LogP contribution >= 0.6 is 23.2 Å². The van der Waals surface area contributed by atoms with Gasteiger partial charge in [-0.05, 0) is 37.4 Å². The average Bonchev–Trinajstić information content (AvgIpc) is 3.29. The van der Waals surface area contributed by atoms with Crippen LogP contribution in [0.3, 0.4) is 0 Å². The maximum Gasteiger partial charge on any atom is 0.335 e. The first-order chi connectivity index (χ1) is 14.7. The van der Waals surface area contributed by atoms with Crippen molar-refractivity contribution >= 4 is 35.1 Å². The van der Waals surface area contributed by atoms with E-state index in [1.165, 1.54) is 44.1 Å². The molecule has 0 bridgehead atoms. The summed E-state index contributed by atoms with van der Waals surface area (Å²) in [5.74, 6) is -3.54. The Labute approximate surface area is 191 Å². The number of carboxylic acids is 2. The topological polar surface area (TPSA) is 130 Å². The standard InChI is InChI=1S/C17H24Cl2N2.C4H6O6/c18-16-8-4-5-13(17(16)19)12-21(15-9-10-20-11-15)14-6-2-1-3-7-14;5-1(3(7)8)2(6)4(9)10/h4-5,8,14-15,20H,1-3,6-7,9-12H2;1-2,5-6H,(H,7,8)(H,9,10)/t15-;/m0./s1. The summed E-state index contributed by atoms with van der Waals surface area (Å²) in [6, 6.07) is 7.35. The number of aliphatic hydroxyl groups excluding tert-OH is 2. The number of benzene rings is 1. The Kier molecular flexibility index (Phi) is 10.5. The molecule has 0 amide bonds. The highest BCUT2D eigenvalue weighted by Gasteiger charge is 2.30. The molecule has 1 saturated carbocycles. The van der Waals surface area contributed by atoms with E-state index >= 15 is 0 Å². The molecule has 1 heterocycles. The Bertz CT molecular complexity index is 721. The number of nitrogens with zero attached hydrogens (tertiary/aromatic N) is 1. The Balaban J connectivity index is 0.000000291. The minimum Gasteiger partial charge on any atom is -0.479 e. The first-order valence-electron chi connectivity index (χ1n) is 10.4. The van der Waals surface area contributed by atoms with Gasteiger partial charge in [-0.25, -0.2) is 9.59 Å². The molecule has 0 aromatic heterocycles. The Hall–Kier alpha value is -1.42. The van der Waals surface area contributed by atoms with Crippen LogP contribution in [0.1, 0.15) is 44.1 Å². The SMILES string of the molecule is Clc1cccc(CN(C2CCCCC2)[C@H]2CCNC2)c1Cl.O=C(O)C(O)C(O)C(=O)O. The van der Waals surface area contributed by atoms with E-state index in [0.29, 0.717) is 17.1 Å². The van der Waals surface area contributed by atoms with Crippen molar-refractivity contribution in [3.8, 4) is 0 Å². The maximum absolute atomic E-state index is 9.77. The van der Waals surface area contributed by atoms with Crippen molar-refractivity contribution < 1.29 is 30.0 Å². The van der Waals surface area contributed by atoms with Crippen LogP contribution in [0, 0.1) is 0 Å². The van der Waals surface area contributed by atoms with Gasteiger partial charge in [0.1, 0.15) is 0 Å². The molecule has 3 atom stereocenters. The van der Waals surface area contributed by atoms with Gasteiger partial charge >= 0.3 is 11.9 Å². The van der Waals surface area contributed by atoms with E-state index < -0.39 is 24.1 Å². The molecule has 0 spiro atoms. The van der Waals surface area contributed by atoms with Crippen LogP contribution in [-0.2, 0) is 16.1 Å². The van der Waals surface area contributed by atoms with E-state index in [0.717, 1.165) is 24.7 Å². The summed E-state index contributed by atoms with van der Waals surface area (Å²) < 4.78 is 0. The summed E-state index contributed by atoms with van der Waals surface area (Å²) in [5, 5.41) is 37.4. The number of carbonyl (C=O) groups is 2. The first-order valence-corrected chi connectivity index (χ1v) is 11.2. The van der Waals surface area contributed by atoms with Crippen LogP contribution in [0.15, 0.2) is 18.2 Å². The second-order valence-corrected chi connectivity index (χ2v) is 8.68. The van der Waals surface area contributed by atoms with Crippen LogP contribution < -0.4 is 5.32 Å². The lowest BCUT2D eigenvalue weighted by Crippen LogP contribution is -2.44. The predicted octanol–water partition coefficient (Wildman–Crippen LogP) is 2.37. The predicted molar refractivity (Wildman–Crippen MR) is 117 cm³/mol. The number of halogens is 2. The molecule has 31 heavy (non-hydrogen) atoms. The van der Waals surface area contributed by atoms with Crippen molar-refractivity contribution in [2.75, 3.05) is 13.1 Å². The molecule has 1 aliphatic carbocycles. The van der Waals surface area contributed by atoms with Gasteiger partial charge in [0.25, 0.3) is 0 Å². The quantitative estimate of drug-likeness (QED) is 0.405. The fraction of sp³-hybridized carbons (Fsp3) is 0.619. The monoisotopic (exact) mass is 476 g/mol. The average molecular weight is 477 g/mol. The summed E-state index contributed by atoms with van der Waals surface area (Å²) >= 11 is 12.6. The highest BCUT2D eigenvalue weighted by atomic mass is 35.5. The van der Waals surface area contributed by atoms with Crippen LogP contribution in [0.25, 0.3) is 0 Å². The Morgan fingerprint density at radius 2 is 1.61 bits per heavy atom. The smallest absolute Gasteiger partial charge is 0.335 e. The molecule has 1 aromatic rings. The van der Waals surface area contributed by atoms with Gasteiger partial charge in [-0.3, -0.25) is 4.90 Å². The Morgan fingerprint density at radius 3 is 2.13 bits per heavy atom. The van der Waals surface area contributed by atoms with Crippen molar-refractivity contribution in [2.24, 2.45) is 0 Å². The highest BCUT2D eigenvalue weighted by molar-refractivity contribution is 6.42. The fourth-order valence-electron chi connectivity index (χ4n) is 4.03. The zero-order valence-corrected chi connectivity index (χ0v) is 18.7. The largest absolute Gasteiger partial charge is 0.479 e. The van der Waals surface area contributed by atoms with Gasteiger partial charge in [-0.2, -0.15) is 0 Å². The number of aliphatic hydroxyl groups is 2. The Morgan fingerprint density at radius 1 is 1.00 bits per heavy atom. The summed E-state index contributed by atoms with van der Waals surface area (Å²) in [7, 11) is 0. The molecule has 2 aliphatic rings. The number of hydrogen-bond acceptors (Lipinski definition) is 6. The van der Waals surface area contributed by atoms with Gasteiger partial charge in [0.05, 0.1) is 10.0 Å². The molecule has 8 nitrogen and oxygen atoms in total. The number of carboxylic acid groups (broad SMARTS) is 2. The lowest BCUT2D eigenvalue weighted by molar-refractivity contribution is -0.165. The van der Waals surface area contributed by atoms with Crippen LogP contribution in [-0.4, -0.2) is 74.6 Å². The number of nitrogens with one attached hydrogen (secondary N) is 1. The molecular formula is C21H30Cl2N2O6. The van der Waals surface area contributed by atoms with Crippen LogP contribution in [0.2, 0.25) is 10.0 Å². The summed E-state index contributed by atoms with van der Waals surface area (Å²) in [4.78, 5) is 22.2. The molecule has 5 N–H and O–H groups in total. The van der Waals surface area contributed by atoms with Gasteiger partial charge in [0.15, 0.2) is 12.2 Å². The van der Waals surface area contributed by atoms with Crippen LogP contribution in [0.5, 0.6) is 0 Å². The summed E-state index contributed by atoms with van der Waals surface area (Å²) in [6.07, 6.45) is 3.49. The zero-order valence-electron chi connectivity index (χ0n) is 17.2. The van der Waals surface area contributed by atoms with Crippen molar-refractivity contribution in [1.82, 2.24) is 10.2 Å². The van der Waals surface area contributed by atoms with E-state index in [-0.39, 0.29) is 0 Å². The lowest BCUT2D eigenvalue weighted by atomic mass is 9.92. The normalized spacial score (nSPS) is 21.3. The van der Waals surface area contributed by atoms with Gasteiger partial charge in [0, 0.05) is 25.2 Å². The van der Waals surface area contributed by atoms with Crippen molar-refractivity contribution in [2.45, 2.75) is 69.4 Å². The highest BCUT2D eigenvalue weighted by Crippen LogP contribution is 2.31. The fourth-order valence-corrected chi connectivity index (χ4v) is 4.41.